The first-order valence-corrected chi connectivity index (χ1v) is 4.23. The lowest BCUT2D eigenvalue weighted by molar-refractivity contribution is 1.01. The Kier molecular flexibility index (Phi) is 1.06. The highest BCUT2D eigenvalue weighted by molar-refractivity contribution is 5.69. The molecule has 1 fully saturated rings. The van der Waals surface area contributed by atoms with Crippen molar-refractivity contribution in [1.29, 1.82) is 0 Å². The van der Waals surface area contributed by atoms with Gasteiger partial charge in [-0.25, -0.2) is 4.98 Å². The number of nitrogens with one attached hydrogen (secondary N) is 1. The molecule has 0 aromatic carbocycles. The van der Waals surface area contributed by atoms with Crippen LogP contribution in [0.15, 0.2) is 18.5 Å². The molecular formula is C9H9N3. The third-order valence-corrected chi connectivity index (χ3v) is 2.28. The Labute approximate surface area is 69.9 Å². The van der Waals surface area contributed by atoms with Crippen LogP contribution in [0.3, 0.4) is 0 Å². The summed E-state index contributed by atoms with van der Waals surface area (Å²) in [5.74, 6) is 0.685. The minimum Gasteiger partial charge on any atom is -0.345 e. The van der Waals surface area contributed by atoms with Crippen LogP contribution in [0.5, 0.6) is 0 Å². The maximum absolute atomic E-state index is 4.48. The number of nitrogens with zero attached hydrogens (tertiary/aromatic N) is 2. The highest BCUT2D eigenvalue weighted by Gasteiger charge is 2.25. The van der Waals surface area contributed by atoms with Crippen LogP contribution >= 0.6 is 0 Å². The quantitative estimate of drug-likeness (QED) is 0.689. The zero-order valence-corrected chi connectivity index (χ0v) is 6.62. The normalized spacial score (nSPS) is 17.0. The molecule has 0 saturated heterocycles. The molecule has 3 rings (SSSR count). The van der Waals surface area contributed by atoms with E-state index in [0.717, 1.165) is 16.9 Å². The van der Waals surface area contributed by atoms with Gasteiger partial charge in [-0.3, -0.25) is 4.98 Å². The van der Waals surface area contributed by atoms with Gasteiger partial charge in [0.1, 0.15) is 5.52 Å². The average Bonchev–Trinajstić information content (AvgIpc) is 2.84. The molecule has 2 heterocycles. The van der Waals surface area contributed by atoms with E-state index >= 15 is 0 Å². The summed E-state index contributed by atoms with van der Waals surface area (Å²) in [6, 6.07) is 1.94. The van der Waals surface area contributed by atoms with Crippen LogP contribution in [-0.2, 0) is 0 Å². The van der Waals surface area contributed by atoms with Crippen LogP contribution in [-0.4, -0.2) is 15.0 Å². The van der Waals surface area contributed by atoms with E-state index in [1.807, 2.05) is 18.5 Å². The smallest absolute Gasteiger partial charge is 0.156 e. The predicted molar refractivity (Wildman–Crippen MR) is 45.9 cm³/mol. The van der Waals surface area contributed by atoms with E-state index in [1.165, 1.54) is 12.8 Å². The van der Waals surface area contributed by atoms with E-state index in [9.17, 15) is 0 Å². The minimum absolute atomic E-state index is 0.685. The molecule has 2 aromatic heterocycles. The van der Waals surface area contributed by atoms with E-state index < -0.39 is 0 Å². The second-order valence-corrected chi connectivity index (χ2v) is 3.28. The molecular weight excluding hydrogens is 150 g/mol. The lowest BCUT2D eigenvalue weighted by atomic mass is 10.3. The minimum atomic E-state index is 0.685. The Morgan fingerprint density at radius 2 is 2.33 bits per heavy atom. The first-order chi connectivity index (χ1) is 5.93. The molecule has 0 unspecified atom stereocenters. The van der Waals surface area contributed by atoms with Gasteiger partial charge in [-0.15, -0.1) is 0 Å². The first kappa shape index (κ1) is 6.17. The predicted octanol–water partition coefficient (Wildman–Crippen LogP) is 1.84. The van der Waals surface area contributed by atoms with Crippen molar-refractivity contribution in [2.75, 3.05) is 0 Å². The summed E-state index contributed by atoms with van der Waals surface area (Å²) < 4.78 is 0. The molecule has 3 heteroatoms. The van der Waals surface area contributed by atoms with Crippen LogP contribution in [0.2, 0.25) is 0 Å². The van der Waals surface area contributed by atoms with Crippen molar-refractivity contribution in [3.63, 3.8) is 0 Å². The second kappa shape index (κ2) is 2.06. The van der Waals surface area contributed by atoms with Crippen LogP contribution in [0, 0.1) is 0 Å². The molecule has 1 aliphatic rings. The molecule has 2 aromatic rings. The van der Waals surface area contributed by atoms with E-state index in [0.29, 0.717) is 5.92 Å². The summed E-state index contributed by atoms with van der Waals surface area (Å²) in [6.07, 6.45) is 6.33. The topological polar surface area (TPSA) is 41.6 Å². The van der Waals surface area contributed by atoms with Crippen molar-refractivity contribution in [2.24, 2.45) is 0 Å². The average molecular weight is 159 g/mol. The summed E-state index contributed by atoms with van der Waals surface area (Å²) in [5.41, 5.74) is 3.02. The molecule has 0 spiro atoms. The van der Waals surface area contributed by atoms with Gasteiger partial charge in [-0.2, -0.15) is 0 Å². The number of H-pyrrole nitrogens is 1. The van der Waals surface area contributed by atoms with Crippen LogP contribution in [0.1, 0.15) is 24.5 Å². The Morgan fingerprint density at radius 3 is 3.17 bits per heavy atom. The molecule has 0 radical (unpaired) electrons. The molecule has 0 amide bonds. The van der Waals surface area contributed by atoms with E-state index in [-0.39, 0.29) is 0 Å². The van der Waals surface area contributed by atoms with E-state index in [2.05, 4.69) is 15.0 Å². The summed E-state index contributed by atoms with van der Waals surface area (Å²) in [5, 5.41) is 0. The van der Waals surface area contributed by atoms with E-state index in [1.54, 1.807) is 0 Å². The summed E-state index contributed by atoms with van der Waals surface area (Å²) in [7, 11) is 0. The molecule has 3 nitrogen and oxygen atoms in total. The summed E-state index contributed by atoms with van der Waals surface area (Å²) in [6.45, 7) is 0. The Morgan fingerprint density at radius 1 is 1.42 bits per heavy atom. The number of rotatable bonds is 1. The third-order valence-electron chi connectivity index (χ3n) is 2.28. The monoisotopic (exact) mass is 159 g/mol. The Hall–Kier alpha value is -1.38. The van der Waals surface area contributed by atoms with Crippen molar-refractivity contribution in [2.45, 2.75) is 18.8 Å². The second-order valence-electron chi connectivity index (χ2n) is 3.28. The molecule has 0 bridgehead atoms. The number of aromatic amines is 1. The van der Waals surface area contributed by atoms with Gasteiger partial charge in [0.15, 0.2) is 5.65 Å². The SMILES string of the molecule is c1cc2ncc(C3CC3)nc2[nH]1. The molecule has 1 N–H and O–H groups in total. The summed E-state index contributed by atoms with van der Waals surface area (Å²) >= 11 is 0. The van der Waals surface area contributed by atoms with Gasteiger partial charge in [0, 0.05) is 18.3 Å². The van der Waals surface area contributed by atoms with Crippen molar-refractivity contribution >= 4 is 11.2 Å². The number of hydrogen-bond donors (Lipinski definition) is 1. The first-order valence-electron chi connectivity index (χ1n) is 4.23. The molecule has 1 saturated carbocycles. The van der Waals surface area contributed by atoms with Gasteiger partial charge in [0.2, 0.25) is 0 Å². The summed E-state index contributed by atoms with van der Waals surface area (Å²) in [4.78, 5) is 11.9. The number of hydrogen-bond acceptors (Lipinski definition) is 2. The van der Waals surface area contributed by atoms with Crippen LogP contribution < -0.4 is 0 Å². The Bertz CT molecular complexity index is 414. The lowest BCUT2D eigenvalue weighted by Gasteiger charge is -1.94. The van der Waals surface area contributed by atoms with Gasteiger partial charge in [0.25, 0.3) is 0 Å². The third kappa shape index (κ3) is 0.826. The van der Waals surface area contributed by atoms with Crippen molar-refractivity contribution < 1.29 is 0 Å². The molecule has 12 heavy (non-hydrogen) atoms. The van der Waals surface area contributed by atoms with E-state index in [4.69, 9.17) is 0 Å². The lowest BCUT2D eigenvalue weighted by Crippen LogP contribution is -1.88. The van der Waals surface area contributed by atoms with Gasteiger partial charge in [-0.1, -0.05) is 0 Å². The number of fused-ring (bicyclic) bond motifs is 1. The van der Waals surface area contributed by atoms with Crippen molar-refractivity contribution in [3.8, 4) is 0 Å². The van der Waals surface area contributed by atoms with Gasteiger partial charge < -0.3 is 4.98 Å². The maximum Gasteiger partial charge on any atom is 0.156 e. The van der Waals surface area contributed by atoms with Crippen molar-refractivity contribution in [3.05, 3.63) is 24.2 Å². The van der Waals surface area contributed by atoms with Crippen LogP contribution in [0.4, 0.5) is 0 Å². The molecule has 0 atom stereocenters. The van der Waals surface area contributed by atoms with Gasteiger partial charge in [-0.05, 0) is 18.9 Å². The Balaban J connectivity index is 2.21. The highest BCUT2D eigenvalue weighted by Crippen LogP contribution is 2.38. The zero-order valence-electron chi connectivity index (χ0n) is 6.62. The fraction of sp³-hybridized carbons (Fsp3) is 0.333. The fourth-order valence-corrected chi connectivity index (χ4v) is 1.42. The van der Waals surface area contributed by atoms with Gasteiger partial charge >= 0.3 is 0 Å². The van der Waals surface area contributed by atoms with Crippen molar-refractivity contribution in [1.82, 2.24) is 15.0 Å². The zero-order chi connectivity index (χ0) is 7.97. The standard InChI is InChI=1S/C9H9N3/c1-2-6(1)8-5-11-7-3-4-10-9(7)12-8/h3-6H,1-2H2,(H,10,12). The molecule has 60 valence electrons. The molecule has 0 aliphatic heterocycles. The maximum atomic E-state index is 4.48. The van der Waals surface area contributed by atoms with Crippen LogP contribution in [0.25, 0.3) is 11.2 Å². The fourth-order valence-electron chi connectivity index (χ4n) is 1.42. The number of aromatic nitrogens is 3. The van der Waals surface area contributed by atoms with Gasteiger partial charge in [0.05, 0.1) is 5.69 Å². The highest BCUT2D eigenvalue weighted by atomic mass is 14.9. The molecule has 1 aliphatic carbocycles. The largest absolute Gasteiger partial charge is 0.345 e.